The van der Waals surface area contributed by atoms with Gasteiger partial charge in [0.25, 0.3) is 0 Å². The molecule has 19 heavy (non-hydrogen) atoms. The monoisotopic (exact) mass is 258 g/mol. The predicted molar refractivity (Wildman–Crippen MR) is 74.4 cm³/mol. The maximum absolute atomic E-state index is 9.60. The molecule has 2 aromatic carbocycles. The Morgan fingerprint density at radius 2 is 1.79 bits per heavy atom. The lowest BCUT2D eigenvalue weighted by Gasteiger charge is -2.13. The molecule has 0 aliphatic heterocycles. The summed E-state index contributed by atoms with van der Waals surface area (Å²) in [5, 5.41) is 9.60. The van der Waals surface area contributed by atoms with E-state index >= 15 is 0 Å². The molecule has 0 unspecified atom stereocenters. The van der Waals surface area contributed by atoms with Gasteiger partial charge in [0, 0.05) is 0 Å². The molecule has 2 aromatic rings. The Kier molecular flexibility index (Phi) is 4.42. The number of aliphatic hydroxyl groups is 1. The highest BCUT2D eigenvalue weighted by Gasteiger charge is 2.09. The molecule has 100 valence electrons. The van der Waals surface area contributed by atoms with Gasteiger partial charge in [-0.1, -0.05) is 36.4 Å². The third-order valence-corrected chi connectivity index (χ3v) is 2.91. The van der Waals surface area contributed by atoms with Crippen molar-refractivity contribution in [3.05, 3.63) is 59.7 Å². The largest absolute Gasteiger partial charge is 0.493 e. The van der Waals surface area contributed by atoms with Gasteiger partial charge < -0.3 is 14.6 Å². The quantitative estimate of drug-likeness (QED) is 0.894. The second-order valence-electron chi connectivity index (χ2n) is 4.36. The van der Waals surface area contributed by atoms with Gasteiger partial charge in [-0.3, -0.25) is 0 Å². The molecule has 0 saturated heterocycles. The predicted octanol–water partition coefficient (Wildman–Crippen LogP) is 3.33. The summed E-state index contributed by atoms with van der Waals surface area (Å²) in [6.07, 6.45) is -0.523. The van der Waals surface area contributed by atoms with Crippen molar-refractivity contribution in [3.8, 4) is 11.5 Å². The normalized spacial score (nSPS) is 11.9. The van der Waals surface area contributed by atoms with Gasteiger partial charge in [-0.15, -0.1) is 0 Å². The fourth-order valence-electron chi connectivity index (χ4n) is 1.80. The zero-order valence-corrected chi connectivity index (χ0v) is 11.2. The highest BCUT2D eigenvalue weighted by Crippen LogP contribution is 2.30. The van der Waals surface area contributed by atoms with E-state index < -0.39 is 6.10 Å². The van der Waals surface area contributed by atoms with E-state index in [-0.39, 0.29) is 0 Å². The van der Waals surface area contributed by atoms with Crippen LogP contribution in [0.3, 0.4) is 0 Å². The van der Waals surface area contributed by atoms with Crippen LogP contribution >= 0.6 is 0 Å². The lowest BCUT2D eigenvalue weighted by molar-refractivity contribution is 0.198. The molecule has 0 fully saturated rings. The van der Waals surface area contributed by atoms with Crippen LogP contribution in [0.25, 0.3) is 0 Å². The van der Waals surface area contributed by atoms with Gasteiger partial charge in [0.1, 0.15) is 6.61 Å². The van der Waals surface area contributed by atoms with Crippen molar-refractivity contribution < 1.29 is 14.6 Å². The Morgan fingerprint density at radius 3 is 2.42 bits per heavy atom. The van der Waals surface area contributed by atoms with Gasteiger partial charge in [0.15, 0.2) is 11.5 Å². The first-order chi connectivity index (χ1) is 9.20. The highest BCUT2D eigenvalue weighted by atomic mass is 16.5. The number of aliphatic hydroxyl groups excluding tert-OH is 1. The molecule has 0 aliphatic carbocycles. The molecule has 0 saturated carbocycles. The first-order valence-electron chi connectivity index (χ1n) is 6.23. The minimum absolute atomic E-state index is 0.473. The van der Waals surface area contributed by atoms with Crippen LogP contribution in [0.5, 0.6) is 11.5 Å². The lowest BCUT2D eigenvalue weighted by atomic mass is 10.1. The van der Waals surface area contributed by atoms with Crippen molar-refractivity contribution >= 4 is 0 Å². The third-order valence-electron chi connectivity index (χ3n) is 2.91. The zero-order valence-electron chi connectivity index (χ0n) is 11.2. The van der Waals surface area contributed by atoms with Crippen LogP contribution in [0.1, 0.15) is 24.2 Å². The molecule has 0 heterocycles. The Hall–Kier alpha value is -2.00. The maximum atomic E-state index is 9.60. The number of ether oxygens (including phenoxy) is 2. The van der Waals surface area contributed by atoms with Crippen molar-refractivity contribution in [2.24, 2.45) is 0 Å². The minimum atomic E-state index is -0.523. The summed E-state index contributed by atoms with van der Waals surface area (Å²) in [5.74, 6) is 1.31. The third kappa shape index (κ3) is 3.48. The van der Waals surface area contributed by atoms with E-state index in [2.05, 4.69) is 0 Å². The van der Waals surface area contributed by atoms with E-state index in [0.29, 0.717) is 18.1 Å². The molecule has 0 aliphatic rings. The zero-order chi connectivity index (χ0) is 13.7. The first kappa shape index (κ1) is 13.4. The van der Waals surface area contributed by atoms with Gasteiger partial charge in [-0.05, 0) is 30.2 Å². The number of benzene rings is 2. The molecule has 0 aromatic heterocycles. The topological polar surface area (TPSA) is 38.7 Å². The number of hydrogen-bond acceptors (Lipinski definition) is 3. The van der Waals surface area contributed by atoms with Crippen molar-refractivity contribution in [1.82, 2.24) is 0 Å². The van der Waals surface area contributed by atoms with Crippen LogP contribution in [0.4, 0.5) is 0 Å². The van der Waals surface area contributed by atoms with Gasteiger partial charge in [0.05, 0.1) is 13.2 Å². The Morgan fingerprint density at radius 1 is 1.05 bits per heavy atom. The molecular formula is C16H18O3. The number of methoxy groups -OCH3 is 1. The van der Waals surface area contributed by atoms with Crippen molar-refractivity contribution in [1.29, 1.82) is 0 Å². The van der Waals surface area contributed by atoms with Crippen molar-refractivity contribution in [2.75, 3.05) is 7.11 Å². The summed E-state index contributed by atoms with van der Waals surface area (Å²) in [7, 11) is 1.60. The van der Waals surface area contributed by atoms with Crippen molar-refractivity contribution in [3.63, 3.8) is 0 Å². The summed E-state index contributed by atoms with van der Waals surface area (Å²) in [4.78, 5) is 0. The highest BCUT2D eigenvalue weighted by molar-refractivity contribution is 5.43. The Balaban J connectivity index is 2.16. The summed E-state index contributed by atoms with van der Waals surface area (Å²) in [5.41, 5.74) is 1.90. The van der Waals surface area contributed by atoms with Crippen LogP contribution < -0.4 is 9.47 Å². The summed E-state index contributed by atoms with van der Waals surface area (Å²) < 4.78 is 11.0. The molecule has 1 N–H and O–H groups in total. The second-order valence-corrected chi connectivity index (χ2v) is 4.36. The smallest absolute Gasteiger partial charge is 0.162 e. The molecule has 0 amide bonds. The minimum Gasteiger partial charge on any atom is -0.493 e. The first-order valence-corrected chi connectivity index (χ1v) is 6.23. The maximum Gasteiger partial charge on any atom is 0.162 e. The van der Waals surface area contributed by atoms with Gasteiger partial charge in [-0.2, -0.15) is 0 Å². The standard InChI is InChI=1S/C16H18O3/c1-12(17)14-8-9-15(18-2)16(10-14)19-11-13-6-4-3-5-7-13/h3-10,12,17H,11H2,1-2H3/t12-/m0/s1. The second kappa shape index (κ2) is 6.25. The number of rotatable bonds is 5. The molecule has 2 rings (SSSR count). The average molecular weight is 258 g/mol. The average Bonchev–Trinajstić information content (AvgIpc) is 2.45. The summed E-state index contributed by atoms with van der Waals surface area (Å²) >= 11 is 0. The van der Waals surface area contributed by atoms with Gasteiger partial charge >= 0.3 is 0 Å². The fourth-order valence-corrected chi connectivity index (χ4v) is 1.80. The van der Waals surface area contributed by atoms with Gasteiger partial charge in [-0.25, -0.2) is 0 Å². The van der Waals surface area contributed by atoms with Crippen LogP contribution in [-0.2, 0) is 6.61 Å². The fraction of sp³-hybridized carbons (Fsp3) is 0.250. The molecular weight excluding hydrogens is 240 g/mol. The Bertz CT molecular complexity index is 521. The van der Waals surface area contributed by atoms with Crippen molar-refractivity contribution in [2.45, 2.75) is 19.6 Å². The SMILES string of the molecule is COc1ccc([C@H](C)O)cc1OCc1ccccc1. The molecule has 3 heteroatoms. The molecule has 0 spiro atoms. The molecule has 0 bridgehead atoms. The van der Waals surface area contributed by atoms with Crippen LogP contribution in [-0.4, -0.2) is 12.2 Å². The Labute approximate surface area is 113 Å². The van der Waals surface area contributed by atoms with E-state index in [4.69, 9.17) is 9.47 Å². The van der Waals surface area contributed by atoms with Crippen LogP contribution in [0.2, 0.25) is 0 Å². The van der Waals surface area contributed by atoms with E-state index in [1.807, 2.05) is 48.5 Å². The van der Waals surface area contributed by atoms with Crippen LogP contribution in [0, 0.1) is 0 Å². The van der Waals surface area contributed by atoms with Crippen LogP contribution in [0.15, 0.2) is 48.5 Å². The lowest BCUT2D eigenvalue weighted by Crippen LogP contribution is -1.99. The summed E-state index contributed by atoms with van der Waals surface area (Å²) in [6.45, 7) is 2.20. The molecule has 1 atom stereocenters. The van der Waals surface area contributed by atoms with E-state index in [1.54, 1.807) is 14.0 Å². The molecule has 0 radical (unpaired) electrons. The van der Waals surface area contributed by atoms with E-state index in [9.17, 15) is 5.11 Å². The number of hydrogen-bond donors (Lipinski definition) is 1. The molecule has 3 nitrogen and oxygen atoms in total. The van der Waals surface area contributed by atoms with E-state index in [1.165, 1.54) is 0 Å². The summed E-state index contributed by atoms with van der Waals surface area (Å²) in [6, 6.07) is 15.4. The van der Waals surface area contributed by atoms with E-state index in [0.717, 1.165) is 11.1 Å². The van der Waals surface area contributed by atoms with Gasteiger partial charge in [0.2, 0.25) is 0 Å².